The Morgan fingerprint density at radius 2 is 1.96 bits per heavy atom. The van der Waals surface area contributed by atoms with Crippen LogP contribution in [0.5, 0.6) is 0 Å². The highest BCUT2D eigenvalue weighted by Gasteiger charge is 2.29. The molecule has 1 N–H and O–H groups in total. The summed E-state index contributed by atoms with van der Waals surface area (Å²) in [5.74, 6) is -1.49. The van der Waals surface area contributed by atoms with Gasteiger partial charge in [0, 0.05) is 22.6 Å². The maximum atomic E-state index is 13.2. The molecule has 0 aliphatic heterocycles. The van der Waals surface area contributed by atoms with Gasteiger partial charge in [-0.25, -0.2) is 9.78 Å². The van der Waals surface area contributed by atoms with E-state index in [1.165, 1.54) is 28.4 Å². The summed E-state index contributed by atoms with van der Waals surface area (Å²) in [7, 11) is 0. The highest BCUT2D eigenvalue weighted by atomic mass is 35.5. The first-order valence-electron chi connectivity index (χ1n) is 7.85. The standard InChI is InChI=1S/C18H14Cl2N2O3S2/c1-9(2)22(17(23)11-4-3-10(19)7-12(11)20)13-8-14(16-21-5-6-26-16)27-15(13)18(24)25/h3-9H,1-2H3,(H,24,25). The number of thiazole rings is 1. The van der Waals surface area contributed by atoms with E-state index < -0.39 is 11.9 Å². The lowest BCUT2D eigenvalue weighted by molar-refractivity contribution is 0.0703. The molecule has 0 atom stereocenters. The molecular formula is C18H14Cl2N2O3S2. The molecule has 2 aromatic heterocycles. The minimum absolute atomic E-state index is 0.0762. The average molecular weight is 441 g/mol. The molecule has 0 aliphatic rings. The first-order valence-corrected chi connectivity index (χ1v) is 10.3. The number of carbonyl (C=O) groups excluding carboxylic acids is 1. The highest BCUT2D eigenvalue weighted by Crippen LogP contribution is 2.39. The molecule has 0 aliphatic carbocycles. The van der Waals surface area contributed by atoms with Crippen LogP contribution in [0.1, 0.15) is 33.9 Å². The minimum Gasteiger partial charge on any atom is -0.477 e. The van der Waals surface area contributed by atoms with E-state index in [0.29, 0.717) is 20.6 Å². The van der Waals surface area contributed by atoms with Crippen molar-refractivity contribution in [3.8, 4) is 9.88 Å². The van der Waals surface area contributed by atoms with E-state index in [1.54, 1.807) is 18.3 Å². The maximum Gasteiger partial charge on any atom is 0.348 e. The van der Waals surface area contributed by atoms with Crippen molar-refractivity contribution in [2.45, 2.75) is 19.9 Å². The molecule has 5 nitrogen and oxygen atoms in total. The number of aromatic carboxylic acids is 1. The third-order valence-corrected chi connectivity index (χ3v) is 6.31. The fourth-order valence-electron chi connectivity index (χ4n) is 2.58. The number of hydrogen-bond donors (Lipinski definition) is 1. The summed E-state index contributed by atoms with van der Waals surface area (Å²) >= 11 is 14.6. The lowest BCUT2D eigenvalue weighted by Crippen LogP contribution is -2.37. The van der Waals surface area contributed by atoms with E-state index >= 15 is 0 Å². The summed E-state index contributed by atoms with van der Waals surface area (Å²) in [5, 5.41) is 12.8. The van der Waals surface area contributed by atoms with Crippen molar-refractivity contribution >= 4 is 63.4 Å². The topological polar surface area (TPSA) is 70.5 Å². The zero-order valence-electron chi connectivity index (χ0n) is 14.3. The van der Waals surface area contributed by atoms with Crippen molar-refractivity contribution in [1.29, 1.82) is 0 Å². The van der Waals surface area contributed by atoms with Crippen LogP contribution in [0.15, 0.2) is 35.8 Å². The van der Waals surface area contributed by atoms with Crippen LogP contribution in [0.4, 0.5) is 5.69 Å². The zero-order valence-corrected chi connectivity index (χ0v) is 17.4. The molecule has 27 heavy (non-hydrogen) atoms. The summed E-state index contributed by atoms with van der Waals surface area (Å²) in [6.45, 7) is 3.63. The molecule has 0 radical (unpaired) electrons. The van der Waals surface area contributed by atoms with Crippen LogP contribution in [-0.2, 0) is 0 Å². The normalized spacial score (nSPS) is 11.0. The average Bonchev–Trinajstić information content (AvgIpc) is 3.23. The van der Waals surface area contributed by atoms with E-state index in [9.17, 15) is 14.7 Å². The Labute approximate surface area is 173 Å². The Bertz CT molecular complexity index is 1000. The second-order valence-electron chi connectivity index (χ2n) is 5.86. The molecule has 0 unspecified atom stereocenters. The SMILES string of the molecule is CC(C)N(C(=O)c1ccc(Cl)cc1Cl)c1cc(-c2nccs2)sc1C(=O)O. The second kappa shape index (κ2) is 7.98. The number of hydrogen-bond acceptors (Lipinski definition) is 5. The van der Waals surface area contributed by atoms with Crippen LogP contribution in [0, 0.1) is 0 Å². The number of thiophene rings is 1. The number of amides is 1. The smallest absolute Gasteiger partial charge is 0.348 e. The Morgan fingerprint density at radius 3 is 2.52 bits per heavy atom. The number of carbonyl (C=O) groups is 2. The Kier molecular flexibility index (Phi) is 5.86. The quantitative estimate of drug-likeness (QED) is 0.533. The van der Waals surface area contributed by atoms with Crippen molar-refractivity contribution in [2.75, 3.05) is 4.90 Å². The zero-order chi connectivity index (χ0) is 19.7. The summed E-state index contributed by atoms with van der Waals surface area (Å²) in [5.41, 5.74) is 0.580. The molecule has 3 rings (SSSR count). The number of halogens is 2. The molecule has 0 spiro atoms. The Morgan fingerprint density at radius 1 is 1.22 bits per heavy atom. The van der Waals surface area contributed by atoms with Crippen LogP contribution >= 0.6 is 45.9 Å². The van der Waals surface area contributed by atoms with Gasteiger partial charge in [-0.2, -0.15) is 0 Å². The fourth-order valence-corrected chi connectivity index (χ4v) is 4.76. The van der Waals surface area contributed by atoms with E-state index in [1.807, 2.05) is 19.2 Å². The molecule has 0 fully saturated rings. The van der Waals surface area contributed by atoms with Crippen molar-refractivity contribution in [3.63, 3.8) is 0 Å². The number of carboxylic acid groups (broad SMARTS) is 1. The third-order valence-electron chi connectivity index (χ3n) is 3.71. The van der Waals surface area contributed by atoms with Gasteiger partial charge in [0.1, 0.15) is 9.88 Å². The molecule has 1 amide bonds. The first-order chi connectivity index (χ1) is 12.8. The summed E-state index contributed by atoms with van der Waals surface area (Å²) in [4.78, 5) is 31.4. The fraction of sp³-hybridized carbons (Fsp3) is 0.167. The summed E-state index contributed by atoms with van der Waals surface area (Å²) in [6, 6.07) is 6.00. The van der Waals surface area contributed by atoms with Gasteiger partial charge in [-0.05, 0) is 38.1 Å². The van der Waals surface area contributed by atoms with Gasteiger partial charge in [-0.15, -0.1) is 22.7 Å². The maximum absolute atomic E-state index is 13.2. The molecule has 1 aromatic carbocycles. The Balaban J connectivity index is 2.12. The monoisotopic (exact) mass is 440 g/mol. The molecule has 2 heterocycles. The molecular weight excluding hydrogens is 427 g/mol. The number of rotatable bonds is 5. The van der Waals surface area contributed by atoms with E-state index in [-0.39, 0.29) is 21.5 Å². The lowest BCUT2D eigenvalue weighted by Gasteiger charge is -2.27. The van der Waals surface area contributed by atoms with Gasteiger partial charge in [0.05, 0.1) is 21.2 Å². The summed E-state index contributed by atoms with van der Waals surface area (Å²) < 4.78 is 0. The lowest BCUT2D eigenvalue weighted by atomic mass is 10.1. The number of aromatic nitrogens is 1. The molecule has 0 bridgehead atoms. The van der Waals surface area contributed by atoms with E-state index in [0.717, 1.165) is 11.3 Å². The van der Waals surface area contributed by atoms with Crippen molar-refractivity contribution in [2.24, 2.45) is 0 Å². The third kappa shape index (κ3) is 4.01. The molecule has 0 saturated heterocycles. The highest BCUT2D eigenvalue weighted by molar-refractivity contribution is 7.22. The van der Waals surface area contributed by atoms with Gasteiger partial charge in [0.15, 0.2) is 0 Å². The van der Waals surface area contributed by atoms with E-state index in [4.69, 9.17) is 23.2 Å². The molecule has 9 heteroatoms. The predicted molar refractivity (Wildman–Crippen MR) is 111 cm³/mol. The van der Waals surface area contributed by atoms with Gasteiger partial charge in [-0.1, -0.05) is 23.2 Å². The number of anilines is 1. The molecule has 3 aromatic rings. The number of nitrogens with zero attached hydrogens (tertiary/aromatic N) is 2. The minimum atomic E-state index is -1.10. The second-order valence-corrected chi connectivity index (χ2v) is 8.65. The first kappa shape index (κ1) is 19.8. The van der Waals surface area contributed by atoms with E-state index in [2.05, 4.69) is 4.98 Å². The summed E-state index contributed by atoms with van der Waals surface area (Å²) in [6.07, 6.45) is 1.65. The van der Waals surface area contributed by atoms with Crippen molar-refractivity contribution in [1.82, 2.24) is 4.98 Å². The van der Waals surface area contributed by atoms with Gasteiger partial charge in [0.2, 0.25) is 0 Å². The van der Waals surface area contributed by atoms with Crippen LogP contribution in [-0.4, -0.2) is 28.0 Å². The van der Waals surface area contributed by atoms with Crippen molar-refractivity contribution in [3.05, 3.63) is 56.3 Å². The van der Waals surface area contributed by atoms with Crippen LogP contribution < -0.4 is 4.90 Å². The number of carboxylic acids is 1. The van der Waals surface area contributed by atoms with Crippen LogP contribution in [0.2, 0.25) is 10.0 Å². The molecule has 0 saturated carbocycles. The van der Waals surface area contributed by atoms with Crippen molar-refractivity contribution < 1.29 is 14.7 Å². The van der Waals surface area contributed by atoms with Gasteiger partial charge in [-0.3, -0.25) is 4.79 Å². The van der Waals surface area contributed by atoms with Gasteiger partial charge in [0.25, 0.3) is 5.91 Å². The Hall–Kier alpha value is -1.93. The van der Waals surface area contributed by atoms with Gasteiger partial charge < -0.3 is 10.0 Å². The number of benzene rings is 1. The molecule has 140 valence electrons. The predicted octanol–water partition coefficient (Wildman–Crippen LogP) is 5.93. The van der Waals surface area contributed by atoms with Crippen LogP contribution in [0.25, 0.3) is 9.88 Å². The van der Waals surface area contributed by atoms with Crippen LogP contribution in [0.3, 0.4) is 0 Å². The largest absolute Gasteiger partial charge is 0.477 e. The van der Waals surface area contributed by atoms with Gasteiger partial charge >= 0.3 is 5.97 Å².